The van der Waals surface area contributed by atoms with E-state index in [1.807, 2.05) is 30.6 Å². The van der Waals surface area contributed by atoms with Crippen molar-refractivity contribution in [1.82, 2.24) is 4.57 Å². The maximum Gasteiger partial charge on any atom is 0.361 e. The minimum absolute atomic E-state index is 0.334. The van der Waals surface area contributed by atoms with Crippen LogP contribution in [0.15, 0.2) is 64.8 Å². The number of aryl methyl sites for hydroxylation is 3. The van der Waals surface area contributed by atoms with Crippen molar-refractivity contribution in [2.24, 2.45) is 9.98 Å². The molecule has 0 saturated carbocycles. The molecule has 2 aliphatic heterocycles. The predicted molar refractivity (Wildman–Crippen MR) is 141 cm³/mol. The van der Waals surface area contributed by atoms with Crippen LogP contribution in [0.1, 0.15) is 44.4 Å². The van der Waals surface area contributed by atoms with Crippen molar-refractivity contribution < 1.29 is 14.0 Å². The van der Waals surface area contributed by atoms with E-state index < -0.39 is 6.28 Å². The Hall–Kier alpha value is -3.35. The van der Waals surface area contributed by atoms with Crippen LogP contribution in [0, 0.1) is 27.1 Å². The van der Waals surface area contributed by atoms with E-state index in [2.05, 4.69) is 88.1 Å². The molecule has 3 aromatic rings. The molecular weight excluding hydrogens is 435 g/mol. The Kier molecular flexibility index (Phi) is 5.42. The molecule has 0 spiro atoms. The fourth-order valence-corrected chi connectivity index (χ4v) is 5.40. The van der Waals surface area contributed by atoms with Gasteiger partial charge in [0.25, 0.3) is 0 Å². The number of ether oxygens (including phenoxy) is 2. The van der Waals surface area contributed by atoms with Crippen molar-refractivity contribution in [1.29, 1.82) is 0 Å². The molecule has 2 aromatic carbocycles. The Morgan fingerprint density at radius 2 is 1.43 bits per heavy atom. The van der Waals surface area contributed by atoms with E-state index in [-0.39, 0.29) is 11.1 Å². The number of imidazole rings is 1. The number of benzene rings is 2. The molecule has 3 heterocycles. The van der Waals surface area contributed by atoms with Crippen molar-refractivity contribution >= 4 is 23.3 Å². The highest BCUT2D eigenvalue weighted by molar-refractivity contribution is 7.26. The van der Waals surface area contributed by atoms with E-state index in [0.717, 1.165) is 11.2 Å². The molecule has 0 fully saturated rings. The monoisotopic (exact) mass is 469 g/mol. The fourth-order valence-electron chi connectivity index (χ4n) is 5.40. The maximum absolute atomic E-state index is 6.37. The average Bonchev–Trinajstić information content (AvgIpc) is 3.49. The molecule has 0 radical (unpaired) electrons. The summed E-state index contributed by atoms with van der Waals surface area (Å²) in [5.41, 5.74) is 5.13. The number of hydrogen-bond donors (Lipinski definition) is 0. The first-order valence-corrected chi connectivity index (χ1v) is 12.3. The molecule has 0 N–H and O–H groups in total. The highest BCUT2D eigenvalue weighted by Gasteiger charge is 2.51. The summed E-state index contributed by atoms with van der Waals surface area (Å²) >= 11 is 0. The molecule has 0 amide bonds. The Labute approximate surface area is 208 Å². The van der Waals surface area contributed by atoms with Crippen LogP contribution in [-0.4, -0.2) is 46.7 Å². The summed E-state index contributed by atoms with van der Waals surface area (Å²) in [5, 5.41) is 0. The van der Waals surface area contributed by atoms with E-state index in [9.17, 15) is 0 Å². The normalized spacial score (nSPS) is 18.6. The zero-order valence-corrected chi connectivity index (χ0v) is 21.8. The smallest absolute Gasteiger partial charge is 0.361 e. The van der Waals surface area contributed by atoms with Crippen LogP contribution in [0.5, 0.6) is 0 Å². The van der Waals surface area contributed by atoms with Crippen LogP contribution < -0.4 is 9.94 Å². The third-order valence-electron chi connectivity index (χ3n) is 6.86. The first kappa shape index (κ1) is 23.4. The standard InChI is InChI=1S/C28H34BN4O2/c1-20-15-21(2)24(22(3)16-20)32-13-14-33(19-32)29(23-11-9-8-10-12-23,25-30-27(4,5)17-34-25)26-31-28(6,7)18-35-26/h8-16H,17-18H2,1-7H3/q-1. The van der Waals surface area contributed by atoms with Crippen LogP contribution in [0.3, 0.4) is 0 Å². The Balaban J connectivity index is 1.79. The van der Waals surface area contributed by atoms with Crippen molar-refractivity contribution in [3.05, 3.63) is 77.9 Å². The Bertz CT molecular complexity index is 1280. The first-order valence-electron chi connectivity index (χ1n) is 12.3. The highest BCUT2D eigenvalue weighted by atomic mass is 16.5. The number of rotatable bonds is 5. The van der Waals surface area contributed by atoms with Gasteiger partial charge in [0.1, 0.15) is 13.2 Å². The summed E-state index contributed by atoms with van der Waals surface area (Å²) in [6.07, 6.45) is 5.74. The van der Waals surface area contributed by atoms with Gasteiger partial charge in [-0.3, -0.25) is 9.98 Å². The SMILES string of the molecule is Cc1cc(C)c(-n2[c-][n+]([B-](C3=NC(C)(C)CO3)(C3=NC(C)(C)CO3)c3ccccc3)cc2)c(C)c1. The molecule has 0 bridgehead atoms. The maximum atomic E-state index is 6.37. The highest BCUT2D eigenvalue weighted by Crippen LogP contribution is 2.27. The molecule has 1 aromatic heterocycles. The van der Waals surface area contributed by atoms with E-state index in [0.29, 0.717) is 24.8 Å². The third-order valence-corrected chi connectivity index (χ3v) is 6.86. The second-order valence-corrected chi connectivity index (χ2v) is 11.3. The van der Waals surface area contributed by atoms with Crippen LogP contribution in [0.25, 0.3) is 5.69 Å². The summed E-state index contributed by atoms with van der Waals surface area (Å²) in [4.78, 5) is 10.2. The number of aliphatic imine (C=N–C) groups is 2. The lowest BCUT2D eigenvalue weighted by Gasteiger charge is -2.38. The van der Waals surface area contributed by atoms with E-state index in [4.69, 9.17) is 19.5 Å². The topological polar surface area (TPSA) is 52.0 Å². The van der Waals surface area contributed by atoms with Crippen LogP contribution in [-0.2, 0) is 9.47 Å². The van der Waals surface area contributed by atoms with Gasteiger partial charge in [0.15, 0.2) is 6.33 Å². The lowest BCUT2D eigenvalue weighted by Crippen LogP contribution is -2.81. The van der Waals surface area contributed by atoms with Gasteiger partial charge in [0.05, 0.1) is 28.4 Å². The molecule has 0 unspecified atom stereocenters. The lowest BCUT2D eigenvalue weighted by molar-refractivity contribution is -0.542. The number of aromatic nitrogens is 2. The van der Waals surface area contributed by atoms with Crippen molar-refractivity contribution in [3.63, 3.8) is 0 Å². The summed E-state index contributed by atoms with van der Waals surface area (Å²) in [5.74, 6) is 1.27. The molecule has 35 heavy (non-hydrogen) atoms. The summed E-state index contributed by atoms with van der Waals surface area (Å²) in [7, 11) is 0. The van der Waals surface area contributed by atoms with Crippen molar-refractivity contribution in [3.8, 4) is 5.69 Å². The molecule has 0 atom stereocenters. The minimum atomic E-state index is -1.96. The minimum Gasteiger partial charge on any atom is -0.513 e. The van der Waals surface area contributed by atoms with Gasteiger partial charge in [-0.2, -0.15) is 0 Å². The number of hydrogen-bond acceptors (Lipinski definition) is 4. The molecule has 0 aliphatic carbocycles. The van der Waals surface area contributed by atoms with Crippen LogP contribution in [0.2, 0.25) is 0 Å². The lowest BCUT2D eigenvalue weighted by atomic mass is 9.30. The predicted octanol–water partition coefficient (Wildman–Crippen LogP) is 3.68. The summed E-state index contributed by atoms with van der Waals surface area (Å²) < 4.78 is 16.9. The first-order chi connectivity index (χ1) is 16.5. The molecular formula is C28H34BN4O2-. The molecule has 2 aliphatic rings. The van der Waals surface area contributed by atoms with Gasteiger partial charge >= 0.3 is 6.28 Å². The van der Waals surface area contributed by atoms with Gasteiger partial charge in [-0.15, -0.1) is 5.46 Å². The third kappa shape index (κ3) is 3.97. The van der Waals surface area contributed by atoms with Crippen molar-refractivity contribution in [2.45, 2.75) is 59.5 Å². The second-order valence-electron chi connectivity index (χ2n) is 11.3. The molecule has 7 heteroatoms. The largest absolute Gasteiger partial charge is 0.513 e. The summed E-state index contributed by atoms with van der Waals surface area (Å²) in [6.45, 7) is 15.8. The van der Waals surface area contributed by atoms with Gasteiger partial charge in [0, 0.05) is 6.20 Å². The quantitative estimate of drug-likeness (QED) is 0.423. The Morgan fingerprint density at radius 3 is 1.91 bits per heavy atom. The van der Waals surface area contributed by atoms with Gasteiger partial charge < -0.3 is 18.5 Å². The molecule has 0 saturated heterocycles. The van der Waals surface area contributed by atoms with Gasteiger partial charge in [0.2, 0.25) is 0 Å². The fraction of sp³-hybridized carbons (Fsp3) is 0.393. The van der Waals surface area contributed by atoms with Crippen LogP contribution >= 0.6 is 0 Å². The van der Waals surface area contributed by atoms with Crippen LogP contribution in [0.4, 0.5) is 0 Å². The molecule has 5 rings (SSSR count). The van der Waals surface area contributed by atoms with Gasteiger partial charge in [-0.25, -0.2) is 0 Å². The van der Waals surface area contributed by atoms with E-state index >= 15 is 0 Å². The average molecular weight is 469 g/mol. The zero-order valence-electron chi connectivity index (χ0n) is 21.8. The Morgan fingerprint density at radius 1 is 0.886 bits per heavy atom. The summed E-state index contributed by atoms with van der Waals surface area (Å²) in [6, 6.07) is 14.7. The molecule has 182 valence electrons. The zero-order chi connectivity index (χ0) is 25.0. The van der Waals surface area contributed by atoms with E-state index in [1.165, 1.54) is 16.7 Å². The molecule has 6 nitrogen and oxygen atoms in total. The van der Waals surface area contributed by atoms with Gasteiger partial charge in [-0.05, 0) is 65.8 Å². The van der Waals surface area contributed by atoms with E-state index in [1.54, 1.807) is 0 Å². The number of nitrogens with zero attached hydrogens (tertiary/aromatic N) is 4. The van der Waals surface area contributed by atoms with Crippen molar-refractivity contribution in [2.75, 3.05) is 13.2 Å². The second kappa shape index (κ2) is 8.11. The van der Waals surface area contributed by atoms with Gasteiger partial charge in [-0.1, -0.05) is 48.0 Å².